The van der Waals surface area contributed by atoms with Gasteiger partial charge in [-0.3, -0.25) is 19.6 Å². The second-order valence-electron chi connectivity index (χ2n) is 5.36. The first-order valence-electron chi connectivity index (χ1n) is 7.13. The Labute approximate surface area is 127 Å². The summed E-state index contributed by atoms with van der Waals surface area (Å²) >= 11 is 0. The lowest BCUT2D eigenvalue weighted by Crippen LogP contribution is -2.31. The number of amides is 1. The number of aromatic nitrogens is 2. The highest BCUT2D eigenvalue weighted by atomic mass is 16.6. The molecule has 1 atom stereocenters. The standard InChI is InChI=1S/C15H16N4O3/c1-18-13-8-4-6-12(11(13)9-16-18)17-15(20)10-5-2-3-7-14(10)19(21)22/h2-3,5,7,9,12H,4,6,8H2,1H3,(H,17,20)/t12-/m1/s1. The number of carbonyl (C=O) groups is 1. The van der Waals surface area contributed by atoms with E-state index < -0.39 is 10.8 Å². The van der Waals surface area contributed by atoms with E-state index in [1.165, 1.54) is 12.1 Å². The van der Waals surface area contributed by atoms with Crippen LogP contribution in [-0.4, -0.2) is 20.6 Å². The Bertz CT molecular complexity index is 738. The fourth-order valence-electron chi connectivity index (χ4n) is 2.92. The number of nitro benzene ring substituents is 1. The Kier molecular flexibility index (Phi) is 3.62. The summed E-state index contributed by atoms with van der Waals surface area (Å²) in [5.41, 5.74) is 2.02. The van der Waals surface area contributed by atoms with Crippen molar-refractivity contribution in [2.75, 3.05) is 0 Å². The van der Waals surface area contributed by atoms with Crippen LogP contribution >= 0.6 is 0 Å². The number of carbonyl (C=O) groups excluding carboxylic acids is 1. The van der Waals surface area contributed by atoms with Crippen molar-refractivity contribution in [3.63, 3.8) is 0 Å². The molecule has 0 spiro atoms. The summed E-state index contributed by atoms with van der Waals surface area (Å²) in [5.74, 6) is -0.422. The van der Waals surface area contributed by atoms with E-state index >= 15 is 0 Å². The van der Waals surface area contributed by atoms with Gasteiger partial charge in [0.25, 0.3) is 11.6 Å². The molecule has 1 aromatic heterocycles. The van der Waals surface area contributed by atoms with E-state index in [0.717, 1.165) is 30.5 Å². The van der Waals surface area contributed by atoms with Crippen molar-refractivity contribution >= 4 is 11.6 Å². The summed E-state index contributed by atoms with van der Waals surface area (Å²) in [6.07, 6.45) is 4.46. The molecule has 1 aliphatic carbocycles. The highest BCUT2D eigenvalue weighted by molar-refractivity contribution is 5.98. The molecule has 7 heteroatoms. The van der Waals surface area contributed by atoms with Crippen LogP contribution in [0.1, 0.15) is 40.5 Å². The molecule has 3 rings (SSSR count). The molecule has 7 nitrogen and oxygen atoms in total. The Balaban J connectivity index is 1.86. The first-order valence-corrected chi connectivity index (χ1v) is 7.13. The van der Waals surface area contributed by atoms with Crippen molar-refractivity contribution in [3.8, 4) is 0 Å². The second-order valence-corrected chi connectivity index (χ2v) is 5.36. The van der Waals surface area contributed by atoms with Crippen molar-refractivity contribution in [3.05, 3.63) is 57.4 Å². The third-order valence-electron chi connectivity index (χ3n) is 4.03. The number of benzene rings is 1. The van der Waals surface area contributed by atoms with Crippen molar-refractivity contribution in [2.45, 2.75) is 25.3 Å². The Morgan fingerprint density at radius 2 is 2.23 bits per heavy atom. The number of para-hydroxylation sites is 1. The van der Waals surface area contributed by atoms with Gasteiger partial charge in [0.1, 0.15) is 5.56 Å². The predicted octanol–water partition coefficient (Wildman–Crippen LogP) is 2.14. The van der Waals surface area contributed by atoms with Gasteiger partial charge in [-0.25, -0.2) is 0 Å². The van der Waals surface area contributed by atoms with Crippen LogP contribution in [0.15, 0.2) is 30.5 Å². The van der Waals surface area contributed by atoms with Crippen LogP contribution in [-0.2, 0) is 13.5 Å². The summed E-state index contributed by atoms with van der Waals surface area (Å²) in [4.78, 5) is 22.9. The first-order chi connectivity index (χ1) is 10.6. The van der Waals surface area contributed by atoms with Gasteiger partial charge in [0, 0.05) is 24.4 Å². The fraction of sp³-hybridized carbons (Fsp3) is 0.333. The average molecular weight is 300 g/mol. The zero-order valence-corrected chi connectivity index (χ0v) is 12.2. The van der Waals surface area contributed by atoms with Gasteiger partial charge >= 0.3 is 0 Å². The monoisotopic (exact) mass is 300 g/mol. The van der Waals surface area contributed by atoms with Crippen LogP contribution in [0, 0.1) is 10.1 Å². The van der Waals surface area contributed by atoms with Crippen molar-refractivity contribution < 1.29 is 9.72 Å². The molecule has 0 bridgehead atoms. The summed E-state index contributed by atoms with van der Waals surface area (Å²) in [5, 5.41) is 18.2. The van der Waals surface area contributed by atoms with Crippen LogP contribution in [0.3, 0.4) is 0 Å². The summed E-state index contributed by atoms with van der Waals surface area (Å²) in [6, 6.07) is 5.84. The maximum atomic E-state index is 12.4. The Morgan fingerprint density at radius 3 is 3.00 bits per heavy atom. The number of nitrogens with zero attached hydrogens (tertiary/aromatic N) is 3. The van der Waals surface area contributed by atoms with Crippen molar-refractivity contribution in [2.24, 2.45) is 7.05 Å². The van der Waals surface area contributed by atoms with E-state index in [1.54, 1.807) is 18.3 Å². The van der Waals surface area contributed by atoms with Gasteiger partial charge in [0.05, 0.1) is 17.2 Å². The molecule has 0 saturated heterocycles. The molecule has 1 N–H and O–H groups in total. The van der Waals surface area contributed by atoms with Crippen LogP contribution in [0.2, 0.25) is 0 Å². The molecular weight excluding hydrogens is 284 g/mol. The lowest BCUT2D eigenvalue weighted by molar-refractivity contribution is -0.385. The largest absolute Gasteiger partial charge is 0.345 e. The summed E-state index contributed by atoms with van der Waals surface area (Å²) in [6.45, 7) is 0. The quantitative estimate of drug-likeness (QED) is 0.694. The molecule has 0 aliphatic heterocycles. The topological polar surface area (TPSA) is 90.1 Å². The molecule has 1 heterocycles. The van der Waals surface area contributed by atoms with E-state index in [0.29, 0.717) is 0 Å². The molecule has 0 fully saturated rings. The maximum Gasteiger partial charge on any atom is 0.282 e. The second kappa shape index (κ2) is 5.59. The molecule has 1 aliphatic rings. The Hall–Kier alpha value is -2.70. The lowest BCUT2D eigenvalue weighted by atomic mass is 9.92. The molecule has 0 unspecified atom stereocenters. The molecule has 2 aromatic rings. The molecule has 114 valence electrons. The molecule has 22 heavy (non-hydrogen) atoms. The van der Waals surface area contributed by atoms with Gasteiger partial charge in [0.2, 0.25) is 0 Å². The van der Waals surface area contributed by atoms with Crippen LogP contribution in [0.25, 0.3) is 0 Å². The van der Waals surface area contributed by atoms with Crippen LogP contribution in [0.4, 0.5) is 5.69 Å². The third kappa shape index (κ3) is 2.45. The number of fused-ring (bicyclic) bond motifs is 1. The van der Waals surface area contributed by atoms with Gasteiger partial charge in [-0.1, -0.05) is 12.1 Å². The highest BCUT2D eigenvalue weighted by Gasteiger charge is 2.27. The van der Waals surface area contributed by atoms with Gasteiger partial charge in [0.15, 0.2) is 0 Å². The number of nitro groups is 1. The average Bonchev–Trinajstić information content (AvgIpc) is 2.90. The molecule has 0 radical (unpaired) electrons. The number of aryl methyl sites for hydroxylation is 1. The minimum absolute atomic E-state index is 0.0866. The molecule has 0 saturated carbocycles. The minimum atomic E-state index is -0.536. The highest BCUT2D eigenvalue weighted by Crippen LogP contribution is 2.30. The van der Waals surface area contributed by atoms with Crippen LogP contribution in [0.5, 0.6) is 0 Å². The summed E-state index contributed by atoms with van der Waals surface area (Å²) < 4.78 is 1.82. The number of rotatable bonds is 3. The Morgan fingerprint density at radius 1 is 1.45 bits per heavy atom. The summed E-state index contributed by atoms with van der Waals surface area (Å²) in [7, 11) is 1.88. The van der Waals surface area contributed by atoms with Gasteiger partial charge in [-0.15, -0.1) is 0 Å². The zero-order valence-electron chi connectivity index (χ0n) is 12.2. The smallest absolute Gasteiger partial charge is 0.282 e. The zero-order chi connectivity index (χ0) is 15.7. The van der Waals surface area contributed by atoms with Crippen molar-refractivity contribution in [1.29, 1.82) is 0 Å². The normalized spacial score (nSPS) is 16.9. The van der Waals surface area contributed by atoms with Crippen molar-refractivity contribution in [1.82, 2.24) is 15.1 Å². The molecule has 1 aromatic carbocycles. The fourth-order valence-corrected chi connectivity index (χ4v) is 2.92. The van der Waals surface area contributed by atoms with E-state index in [9.17, 15) is 14.9 Å². The van der Waals surface area contributed by atoms with E-state index in [1.807, 2.05) is 11.7 Å². The van der Waals surface area contributed by atoms with Crippen LogP contribution < -0.4 is 5.32 Å². The lowest BCUT2D eigenvalue weighted by Gasteiger charge is -2.23. The first kappa shape index (κ1) is 14.2. The van der Waals surface area contributed by atoms with Gasteiger partial charge < -0.3 is 5.32 Å². The maximum absolute atomic E-state index is 12.4. The molecule has 1 amide bonds. The SMILES string of the molecule is Cn1ncc2c1CCC[C@H]2NC(=O)c1ccccc1[N+](=O)[O-]. The van der Waals surface area contributed by atoms with E-state index in [4.69, 9.17) is 0 Å². The number of hydrogen-bond acceptors (Lipinski definition) is 4. The minimum Gasteiger partial charge on any atom is -0.345 e. The predicted molar refractivity (Wildman–Crippen MR) is 79.4 cm³/mol. The van der Waals surface area contributed by atoms with E-state index in [2.05, 4.69) is 10.4 Å². The number of hydrogen-bond donors (Lipinski definition) is 1. The number of nitrogens with one attached hydrogen (secondary N) is 1. The third-order valence-corrected chi connectivity index (χ3v) is 4.03. The van der Waals surface area contributed by atoms with E-state index in [-0.39, 0.29) is 17.3 Å². The van der Waals surface area contributed by atoms with Gasteiger partial charge in [-0.2, -0.15) is 5.10 Å². The molecular formula is C15H16N4O3. The van der Waals surface area contributed by atoms with Gasteiger partial charge in [-0.05, 0) is 25.3 Å².